The van der Waals surface area contributed by atoms with Gasteiger partial charge in [0.15, 0.2) is 0 Å². The van der Waals surface area contributed by atoms with Gasteiger partial charge in [0.25, 0.3) is 0 Å². The molecule has 0 unspecified atom stereocenters. The molecular weight excluding hydrogens is 361 g/mol. The normalized spacial score (nSPS) is 11.1. The molecule has 26 heavy (non-hydrogen) atoms. The Morgan fingerprint density at radius 1 is 0.808 bits per heavy atom. The molecule has 0 radical (unpaired) electrons. The van der Waals surface area contributed by atoms with E-state index < -0.39 is 16.9 Å². The van der Waals surface area contributed by atoms with E-state index in [2.05, 4.69) is 4.98 Å². The van der Waals surface area contributed by atoms with Crippen molar-refractivity contribution in [3.8, 4) is 0 Å². The molecule has 0 spiro atoms. The minimum absolute atomic E-state index is 0. The molecular formula is C20H18ClF3N2. The largest absolute Gasteiger partial charge is 0.419 e. The number of halogens is 4. The number of benzene rings is 2. The molecule has 6 heteroatoms. The Labute approximate surface area is 155 Å². The highest BCUT2D eigenvalue weighted by atomic mass is 35.5. The van der Waals surface area contributed by atoms with Gasteiger partial charge in [-0.2, -0.15) is 13.2 Å². The monoisotopic (exact) mass is 378 g/mol. The zero-order valence-corrected chi connectivity index (χ0v) is 14.7. The second kappa shape index (κ2) is 8.34. The van der Waals surface area contributed by atoms with Gasteiger partial charge in [0, 0.05) is 6.42 Å². The second-order valence-corrected chi connectivity index (χ2v) is 6.11. The third-order valence-corrected chi connectivity index (χ3v) is 4.19. The molecule has 0 saturated heterocycles. The van der Waals surface area contributed by atoms with Gasteiger partial charge in [0.05, 0.1) is 11.3 Å². The standard InChI is InChI=1S/C20H15ClF3N.H3N/c21-19-17(20(22,23)24)13-16(11-14-7-3-1-4-8-14)18(25-19)12-15-9-5-2-6-10-15;/h1-10,13H,11-12H2;1H3. The first-order valence-electron chi connectivity index (χ1n) is 7.77. The lowest BCUT2D eigenvalue weighted by Crippen LogP contribution is -2.11. The van der Waals surface area contributed by atoms with Crippen LogP contribution < -0.4 is 6.15 Å². The van der Waals surface area contributed by atoms with Gasteiger partial charge in [0.2, 0.25) is 0 Å². The predicted octanol–water partition coefficient (Wildman–Crippen LogP) is 6.10. The van der Waals surface area contributed by atoms with Crippen LogP contribution in [0, 0.1) is 0 Å². The van der Waals surface area contributed by atoms with Crippen LogP contribution in [-0.2, 0) is 19.0 Å². The quantitative estimate of drug-likeness (QED) is 0.558. The average molecular weight is 379 g/mol. The van der Waals surface area contributed by atoms with Crippen molar-refractivity contribution < 1.29 is 13.2 Å². The molecule has 0 aliphatic heterocycles. The highest BCUT2D eigenvalue weighted by Gasteiger charge is 2.35. The van der Waals surface area contributed by atoms with Crippen molar-refractivity contribution >= 4 is 11.6 Å². The number of aromatic nitrogens is 1. The van der Waals surface area contributed by atoms with Gasteiger partial charge < -0.3 is 6.15 Å². The van der Waals surface area contributed by atoms with Crippen molar-refractivity contribution in [2.24, 2.45) is 0 Å². The van der Waals surface area contributed by atoms with Crippen LogP contribution >= 0.6 is 11.6 Å². The van der Waals surface area contributed by atoms with Crippen LogP contribution in [0.5, 0.6) is 0 Å². The van der Waals surface area contributed by atoms with E-state index >= 15 is 0 Å². The maximum atomic E-state index is 13.2. The summed E-state index contributed by atoms with van der Waals surface area (Å²) in [6.07, 6.45) is -3.72. The topological polar surface area (TPSA) is 47.9 Å². The van der Waals surface area contributed by atoms with Crippen LogP contribution in [0.25, 0.3) is 0 Å². The molecule has 3 aromatic rings. The number of pyridine rings is 1. The summed E-state index contributed by atoms with van der Waals surface area (Å²) >= 11 is 5.82. The molecule has 0 bridgehead atoms. The summed E-state index contributed by atoms with van der Waals surface area (Å²) in [5.41, 5.74) is 2.10. The minimum atomic E-state index is -4.53. The lowest BCUT2D eigenvalue weighted by Gasteiger charge is -2.15. The van der Waals surface area contributed by atoms with Gasteiger partial charge in [-0.05, 0) is 29.2 Å². The maximum Gasteiger partial charge on any atom is 0.419 e. The molecule has 0 atom stereocenters. The molecule has 2 nitrogen and oxygen atoms in total. The lowest BCUT2D eigenvalue weighted by molar-refractivity contribution is -0.137. The summed E-state index contributed by atoms with van der Waals surface area (Å²) in [5.74, 6) is 0. The van der Waals surface area contributed by atoms with E-state index in [4.69, 9.17) is 11.6 Å². The van der Waals surface area contributed by atoms with E-state index in [9.17, 15) is 13.2 Å². The fraction of sp³-hybridized carbons (Fsp3) is 0.150. The van der Waals surface area contributed by atoms with E-state index in [1.54, 1.807) is 0 Å². The Morgan fingerprint density at radius 2 is 1.31 bits per heavy atom. The van der Waals surface area contributed by atoms with Crippen LogP contribution in [0.1, 0.15) is 27.9 Å². The first-order chi connectivity index (χ1) is 11.9. The van der Waals surface area contributed by atoms with E-state index in [0.29, 0.717) is 24.1 Å². The molecule has 0 aliphatic carbocycles. The Balaban J connectivity index is 0.00000243. The van der Waals surface area contributed by atoms with Crippen molar-refractivity contribution in [2.75, 3.05) is 0 Å². The average Bonchev–Trinajstić information content (AvgIpc) is 2.58. The molecule has 0 fully saturated rings. The predicted molar refractivity (Wildman–Crippen MR) is 97.8 cm³/mol. The molecule has 3 N–H and O–H groups in total. The van der Waals surface area contributed by atoms with Crippen molar-refractivity contribution in [3.63, 3.8) is 0 Å². The summed E-state index contributed by atoms with van der Waals surface area (Å²) in [5, 5.41) is -0.504. The van der Waals surface area contributed by atoms with Crippen molar-refractivity contribution in [1.29, 1.82) is 0 Å². The highest BCUT2D eigenvalue weighted by Crippen LogP contribution is 2.35. The van der Waals surface area contributed by atoms with Crippen molar-refractivity contribution in [2.45, 2.75) is 19.0 Å². The molecule has 2 aromatic carbocycles. The zero-order valence-electron chi connectivity index (χ0n) is 13.9. The van der Waals surface area contributed by atoms with Crippen molar-refractivity contribution in [1.82, 2.24) is 11.1 Å². The Morgan fingerprint density at radius 3 is 1.81 bits per heavy atom. The molecule has 0 saturated carbocycles. The van der Waals surface area contributed by atoms with Crippen molar-refractivity contribution in [3.05, 3.63) is 99.8 Å². The molecule has 136 valence electrons. The van der Waals surface area contributed by atoms with E-state index in [1.807, 2.05) is 60.7 Å². The Bertz CT molecular complexity index is 850. The van der Waals surface area contributed by atoms with Gasteiger partial charge in [0.1, 0.15) is 5.15 Å². The second-order valence-electron chi connectivity index (χ2n) is 5.76. The number of hydrogen-bond donors (Lipinski definition) is 1. The highest BCUT2D eigenvalue weighted by molar-refractivity contribution is 6.30. The SMILES string of the molecule is FC(F)(F)c1cc(Cc2ccccc2)c(Cc2ccccc2)nc1Cl.N. The van der Waals surface area contributed by atoms with Crippen LogP contribution in [0.4, 0.5) is 13.2 Å². The summed E-state index contributed by atoms with van der Waals surface area (Å²) in [4.78, 5) is 4.08. The van der Waals surface area contributed by atoms with Crippen LogP contribution in [0.2, 0.25) is 5.15 Å². The Hall–Kier alpha value is -2.37. The van der Waals surface area contributed by atoms with Gasteiger partial charge in [-0.3, -0.25) is 0 Å². The molecule has 3 rings (SSSR count). The fourth-order valence-electron chi connectivity index (χ4n) is 2.68. The summed E-state index contributed by atoms with van der Waals surface area (Å²) in [6.45, 7) is 0. The van der Waals surface area contributed by atoms with Gasteiger partial charge in [-0.15, -0.1) is 0 Å². The van der Waals surface area contributed by atoms with Gasteiger partial charge in [-0.25, -0.2) is 4.98 Å². The number of alkyl halides is 3. The first kappa shape index (κ1) is 19.9. The van der Waals surface area contributed by atoms with E-state index in [0.717, 1.165) is 17.2 Å². The van der Waals surface area contributed by atoms with Crippen LogP contribution in [-0.4, -0.2) is 4.98 Å². The molecule has 0 aliphatic rings. The van der Waals surface area contributed by atoms with Crippen LogP contribution in [0.3, 0.4) is 0 Å². The van der Waals surface area contributed by atoms with Gasteiger partial charge >= 0.3 is 6.18 Å². The fourth-order valence-corrected chi connectivity index (χ4v) is 2.94. The third-order valence-electron chi connectivity index (χ3n) is 3.90. The molecule has 1 aromatic heterocycles. The number of rotatable bonds is 4. The zero-order chi connectivity index (χ0) is 17.9. The maximum absolute atomic E-state index is 13.2. The first-order valence-corrected chi connectivity index (χ1v) is 8.14. The van der Waals surface area contributed by atoms with E-state index in [-0.39, 0.29) is 6.15 Å². The summed E-state index contributed by atoms with van der Waals surface area (Å²) in [6, 6.07) is 20.0. The number of hydrogen-bond acceptors (Lipinski definition) is 2. The third kappa shape index (κ3) is 4.84. The Kier molecular flexibility index (Phi) is 6.40. The summed E-state index contributed by atoms with van der Waals surface area (Å²) in [7, 11) is 0. The number of nitrogens with zero attached hydrogens (tertiary/aromatic N) is 1. The minimum Gasteiger partial charge on any atom is -0.344 e. The molecule has 0 amide bonds. The van der Waals surface area contributed by atoms with Gasteiger partial charge in [-0.1, -0.05) is 72.3 Å². The van der Waals surface area contributed by atoms with Crippen LogP contribution in [0.15, 0.2) is 66.7 Å². The lowest BCUT2D eigenvalue weighted by atomic mass is 9.98. The summed E-state index contributed by atoms with van der Waals surface area (Å²) < 4.78 is 39.6. The van der Waals surface area contributed by atoms with E-state index in [1.165, 1.54) is 0 Å². The smallest absolute Gasteiger partial charge is 0.344 e. The molecule has 1 heterocycles.